The van der Waals surface area contributed by atoms with Crippen LogP contribution in [0.2, 0.25) is 0 Å². The number of thiophene rings is 1. The lowest BCUT2D eigenvalue weighted by Crippen LogP contribution is -1.91. The van der Waals surface area contributed by atoms with Crippen LogP contribution in [0.25, 0.3) is 0 Å². The third-order valence-electron chi connectivity index (χ3n) is 2.36. The molecule has 0 saturated heterocycles. The molecule has 0 amide bonds. The van der Waals surface area contributed by atoms with E-state index in [4.69, 9.17) is 11.6 Å². The van der Waals surface area contributed by atoms with Gasteiger partial charge < -0.3 is 0 Å². The lowest BCUT2D eigenvalue weighted by molar-refractivity contribution is 1.16. The van der Waals surface area contributed by atoms with Crippen molar-refractivity contribution in [1.82, 2.24) is 0 Å². The molecule has 2 rings (SSSR count). The van der Waals surface area contributed by atoms with Gasteiger partial charge in [0.15, 0.2) is 0 Å². The lowest BCUT2D eigenvalue weighted by Gasteiger charge is -2.10. The normalized spacial score (nSPS) is 12.8. The molecule has 0 aliphatic rings. The Morgan fingerprint density at radius 3 is 2.47 bits per heavy atom. The van der Waals surface area contributed by atoms with Crippen molar-refractivity contribution in [2.24, 2.45) is 0 Å². The number of rotatable bonds is 2. The fourth-order valence-electron chi connectivity index (χ4n) is 1.47. The van der Waals surface area contributed by atoms with Crippen molar-refractivity contribution in [3.63, 3.8) is 0 Å². The summed E-state index contributed by atoms with van der Waals surface area (Å²) in [5, 5.41) is -0.128. The molecule has 1 unspecified atom stereocenters. The van der Waals surface area contributed by atoms with Gasteiger partial charge in [0, 0.05) is 13.8 Å². The molecule has 0 aliphatic carbocycles. The minimum absolute atomic E-state index is 0.128. The van der Waals surface area contributed by atoms with Crippen LogP contribution < -0.4 is 0 Å². The molecule has 0 bridgehead atoms. The molecule has 0 spiro atoms. The van der Waals surface area contributed by atoms with Crippen LogP contribution in [0.3, 0.4) is 0 Å². The Morgan fingerprint density at radius 1 is 1.18 bits per heavy atom. The van der Waals surface area contributed by atoms with Crippen LogP contribution in [0, 0.1) is 6.92 Å². The Hall–Kier alpha value is 0.650. The summed E-state index contributed by atoms with van der Waals surface area (Å²) in [5.41, 5.74) is 2.30. The van der Waals surface area contributed by atoms with E-state index in [0.29, 0.717) is 0 Å². The molecule has 0 aliphatic heterocycles. The Bertz CT molecular complexity index is 531. The van der Waals surface area contributed by atoms with Gasteiger partial charge in [0.1, 0.15) is 0 Å². The fourth-order valence-corrected chi connectivity index (χ4v) is 4.40. The van der Waals surface area contributed by atoms with Gasteiger partial charge in [0.05, 0.1) is 9.16 Å². The van der Waals surface area contributed by atoms with E-state index < -0.39 is 0 Å². The third kappa shape index (κ3) is 3.16. The molecular weight excluding hydrogens is 451 g/mol. The minimum Gasteiger partial charge on any atom is -0.131 e. The van der Waals surface area contributed by atoms with Gasteiger partial charge in [-0.3, -0.25) is 0 Å². The second-order valence-electron chi connectivity index (χ2n) is 3.63. The van der Waals surface area contributed by atoms with E-state index in [1.807, 2.05) is 18.2 Å². The fraction of sp³-hybridized carbons (Fsp3) is 0.167. The molecule has 17 heavy (non-hydrogen) atoms. The first-order valence-corrected chi connectivity index (χ1v) is 8.47. The molecule has 1 aromatic carbocycles. The Balaban J connectivity index is 2.42. The number of aryl methyl sites for hydroxylation is 1. The lowest BCUT2D eigenvalue weighted by atomic mass is 10.1. The molecular formula is C12H8Br3ClS. The van der Waals surface area contributed by atoms with Crippen molar-refractivity contribution in [2.45, 2.75) is 12.3 Å². The van der Waals surface area contributed by atoms with E-state index in [1.54, 1.807) is 11.3 Å². The largest absolute Gasteiger partial charge is 0.131 e. The van der Waals surface area contributed by atoms with Crippen molar-refractivity contribution in [3.8, 4) is 0 Å². The highest BCUT2D eigenvalue weighted by atomic mass is 79.9. The van der Waals surface area contributed by atoms with Crippen LogP contribution in [0.4, 0.5) is 0 Å². The van der Waals surface area contributed by atoms with Gasteiger partial charge in [0.2, 0.25) is 0 Å². The SMILES string of the molecule is Cc1cc(C(Cl)c2cc(Br)ccc2Br)sc1Br. The number of benzene rings is 1. The summed E-state index contributed by atoms with van der Waals surface area (Å²) in [6, 6.07) is 8.17. The van der Waals surface area contributed by atoms with Crippen LogP contribution in [-0.2, 0) is 0 Å². The topological polar surface area (TPSA) is 0 Å². The summed E-state index contributed by atoms with van der Waals surface area (Å²) in [6.07, 6.45) is 0. The first-order chi connectivity index (χ1) is 7.99. The zero-order chi connectivity index (χ0) is 12.6. The van der Waals surface area contributed by atoms with Crippen LogP contribution >= 0.6 is 70.7 Å². The van der Waals surface area contributed by atoms with Gasteiger partial charge in [-0.1, -0.05) is 31.9 Å². The summed E-state index contributed by atoms with van der Waals surface area (Å²) >= 11 is 18.8. The monoisotopic (exact) mass is 456 g/mol. The van der Waals surface area contributed by atoms with Gasteiger partial charge in [-0.25, -0.2) is 0 Å². The van der Waals surface area contributed by atoms with Crippen LogP contribution in [0.5, 0.6) is 0 Å². The highest BCUT2D eigenvalue weighted by Crippen LogP contribution is 2.40. The first-order valence-electron chi connectivity index (χ1n) is 4.84. The number of hydrogen-bond donors (Lipinski definition) is 0. The quantitative estimate of drug-likeness (QED) is 0.440. The Morgan fingerprint density at radius 2 is 1.88 bits per heavy atom. The number of halogens is 4. The molecule has 90 valence electrons. The van der Waals surface area contributed by atoms with Crippen LogP contribution in [0.1, 0.15) is 21.4 Å². The summed E-state index contributed by atoms with van der Waals surface area (Å²) in [4.78, 5) is 1.15. The van der Waals surface area contributed by atoms with E-state index in [-0.39, 0.29) is 5.38 Å². The van der Waals surface area contributed by atoms with Crippen molar-refractivity contribution in [1.29, 1.82) is 0 Å². The van der Waals surface area contributed by atoms with Gasteiger partial charge in [0.25, 0.3) is 0 Å². The Kier molecular flexibility index (Phi) is 4.75. The standard InChI is InChI=1S/C12H8Br3ClS/c1-6-4-10(17-12(6)15)11(16)8-5-7(13)2-3-9(8)14/h2-5,11H,1H3. The maximum atomic E-state index is 6.53. The highest BCUT2D eigenvalue weighted by Gasteiger charge is 2.17. The van der Waals surface area contributed by atoms with Crippen LogP contribution in [-0.4, -0.2) is 0 Å². The molecule has 0 radical (unpaired) electrons. The van der Waals surface area contributed by atoms with Crippen LogP contribution in [0.15, 0.2) is 37.0 Å². The second kappa shape index (κ2) is 5.74. The number of alkyl halides is 1. The summed E-state index contributed by atoms with van der Waals surface area (Å²) in [7, 11) is 0. The predicted octanol–water partition coefficient (Wildman–Crippen LogP) is 6.67. The molecule has 5 heteroatoms. The highest BCUT2D eigenvalue weighted by molar-refractivity contribution is 9.11. The molecule has 1 atom stereocenters. The average Bonchev–Trinajstić information content (AvgIpc) is 2.62. The summed E-state index contributed by atoms with van der Waals surface area (Å²) in [6.45, 7) is 2.07. The average molecular weight is 459 g/mol. The van der Waals surface area contributed by atoms with E-state index in [9.17, 15) is 0 Å². The van der Waals surface area contributed by atoms with E-state index >= 15 is 0 Å². The minimum atomic E-state index is -0.128. The van der Waals surface area contributed by atoms with Crippen molar-refractivity contribution in [3.05, 3.63) is 53.0 Å². The molecule has 0 saturated carbocycles. The van der Waals surface area contributed by atoms with E-state index in [2.05, 4.69) is 60.8 Å². The van der Waals surface area contributed by atoms with Crippen molar-refractivity contribution >= 4 is 70.7 Å². The van der Waals surface area contributed by atoms with Gasteiger partial charge in [-0.15, -0.1) is 22.9 Å². The molecule has 1 aromatic heterocycles. The molecule has 0 fully saturated rings. The van der Waals surface area contributed by atoms with E-state index in [0.717, 1.165) is 23.2 Å². The smallest absolute Gasteiger partial charge is 0.0939 e. The van der Waals surface area contributed by atoms with Gasteiger partial charge in [-0.2, -0.15) is 0 Å². The Labute approximate surface area is 135 Å². The molecule has 2 aromatic rings. The zero-order valence-electron chi connectivity index (χ0n) is 8.81. The maximum Gasteiger partial charge on any atom is 0.0939 e. The summed E-state index contributed by atoms with van der Waals surface area (Å²) in [5.74, 6) is 0. The van der Waals surface area contributed by atoms with Gasteiger partial charge in [-0.05, 0) is 58.2 Å². The van der Waals surface area contributed by atoms with E-state index in [1.165, 1.54) is 5.56 Å². The second-order valence-corrected chi connectivity index (χ2v) is 8.24. The molecule has 0 N–H and O–H groups in total. The third-order valence-corrected chi connectivity index (χ3v) is 6.37. The predicted molar refractivity (Wildman–Crippen MR) is 86.3 cm³/mol. The first kappa shape index (κ1) is 14.1. The maximum absolute atomic E-state index is 6.53. The van der Waals surface area contributed by atoms with Crippen molar-refractivity contribution in [2.75, 3.05) is 0 Å². The number of hydrogen-bond acceptors (Lipinski definition) is 1. The van der Waals surface area contributed by atoms with Crippen molar-refractivity contribution < 1.29 is 0 Å². The summed E-state index contributed by atoms with van der Waals surface area (Å²) < 4.78 is 3.21. The van der Waals surface area contributed by atoms with Gasteiger partial charge >= 0.3 is 0 Å². The molecule has 0 nitrogen and oxygen atoms in total. The molecule has 1 heterocycles. The zero-order valence-corrected chi connectivity index (χ0v) is 15.1.